The molecule has 184 valence electrons. The molecular weight excluding hydrogens is 438 g/mol. The predicted octanol–water partition coefficient (Wildman–Crippen LogP) is 4.78. The molecular formula is C28H35N5O2. The van der Waals surface area contributed by atoms with Gasteiger partial charge in [-0.25, -0.2) is 4.98 Å². The number of carbonyl (C=O) groups excluding carboxylic acids is 2. The lowest BCUT2D eigenvalue weighted by atomic mass is 10.0. The van der Waals surface area contributed by atoms with Crippen LogP contribution >= 0.6 is 0 Å². The number of fused-ring (bicyclic) bond motifs is 1. The van der Waals surface area contributed by atoms with Crippen molar-refractivity contribution in [3.8, 4) is 0 Å². The molecule has 2 amide bonds. The summed E-state index contributed by atoms with van der Waals surface area (Å²) in [4.78, 5) is 34.3. The molecule has 0 aliphatic carbocycles. The molecule has 2 N–H and O–H groups in total. The molecule has 7 heteroatoms. The van der Waals surface area contributed by atoms with E-state index < -0.39 is 0 Å². The molecule has 2 heterocycles. The average Bonchev–Trinajstić information content (AvgIpc) is 2.84. The molecule has 1 aliphatic rings. The average molecular weight is 474 g/mol. The van der Waals surface area contributed by atoms with Crippen LogP contribution in [0.1, 0.15) is 43.7 Å². The van der Waals surface area contributed by atoms with E-state index in [0.717, 1.165) is 54.2 Å². The van der Waals surface area contributed by atoms with Gasteiger partial charge in [0.2, 0.25) is 11.8 Å². The minimum Gasteiger partial charge on any atom is -0.354 e. The Morgan fingerprint density at radius 3 is 2.11 bits per heavy atom. The molecule has 0 spiro atoms. The second-order valence-electron chi connectivity index (χ2n) is 9.69. The van der Waals surface area contributed by atoms with E-state index in [9.17, 15) is 9.59 Å². The summed E-state index contributed by atoms with van der Waals surface area (Å²) in [6.45, 7) is 10.3. The number of pyridine rings is 1. The number of amides is 2. The summed E-state index contributed by atoms with van der Waals surface area (Å²) in [5.74, 6) is 1.09. The molecule has 2 aromatic carbocycles. The molecule has 1 saturated heterocycles. The van der Waals surface area contributed by atoms with E-state index in [1.54, 1.807) is 0 Å². The van der Waals surface area contributed by atoms with Gasteiger partial charge >= 0.3 is 0 Å². The Balaban J connectivity index is 1.33. The largest absolute Gasteiger partial charge is 0.354 e. The summed E-state index contributed by atoms with van der Waals surface area (Å²) < 4.78 is 0. The highest BCUT2D eigenvalue weighted by molar-refractivity contribution is 5.98. The zero-order valence-corrected chi connectivity index (χ0v) is 21.1. The number of likely N-dealkylation sites (N-methyl/N-ethyl adjacent to an activating group) is 1. The molecule has 35 heavy (non-hydrogen) atoms. The van der Waals surface area contributed by atoms with Crippen molar-refractivity contribution in [3.05, 3.63) is 59.7 Å². The molecule has 0 atom stereocenters. The molecule has 0 saturated carbocycles. The summed E-state index contributed by atoms with van der Waals surface area (Å²) in [5, 5.41) is 6.80. The van der Waals surface area contributed by atoms with Gasteiger partial charge in [-0.05, 0) is 67.4 Å². The number of hydrogen-bond acceptors (Lipinski definition) is 5. The van der Waals surface area contributed by atoms with E-state index in [2.05, 4.69) is 54.3 Å². The first-order chi connectivity index (χ1) is 16.8. The third-order valence-corrected chi connectivity index (χ3v) is 6.55. The summed E-state index contributed by atoms with van der Waals surface area (Å²) >= 11 is 0. The van der Waals surface area contributed by atoms with E-state index in [4.69, 9.17) is 4.98 Å². The molecule has 0 bridgehead atoms. The van der Waals surface area contributed by atoms with E-state index in [0.29, 0.717) is 11.6 Å². The van der Waals surface area contributed by atoms with Crippen molar-refractivity contribution in [2.24, 2.45) is 0 Å². The normalized spacial score (nSPS) is 14.4. The van der Waals surface area contributed by atoms with Gasteiger partial charge in [0.1, 0.15) is 5.82 Å². The van der Waals surface area contributed by atoms with Crippen LogP contribution in [-0.4, -0.2) is 54.9 Å². The summed E-state index contributed by atoms with van der Waals surface area (Å²) in [6, 6.07) is 15.7. The monoisotopic (exact) mass is 473 g/mol. The van der Waals surface area contributed by atoms with Crippen LogP contribution in [0.25, 0.3) is 10.9 Å². The van der Waals surface area contributed by atoms with E-state index in [-0.39, 0.29) is 24.7 Å². The van der Waals surface area contributed by atoms with E-state index >= 15 is 0 Å². The van der Waals surface area contributed by atoms with Gasteiger partial charge in [0.25, 0.3) is 0 Å². The zero-order chi connectivity index (χ0) is 24.9. The van der Waals surface area contributed by atoms with Crippen LogP contribution in [0.2, 0.25) is 0 Å². The lowest BCUT2D eigenvalue weighted by Gasteiger charge is -2.33. The Morgan fingerprint density at radius 1 is 0.886 bits per heavy atom. The third-order valence-electron chi connectivity index (χ3n) is 6.55. The summed E-state index contributed by atoms with van der Waals surface area (Å²) in [5.41, 5.74) is 4.72. The maximum absolute atomic E-state index is 12.5. The van der Waals surface area contributed by atoms with Gasteiger partial charge in [-0.1, -0.05) is 26.0 Å². The van der Waals surface area contributed by atoms with Crippen LogP contribution in [0.15, 0.2) is 48.5 Å². The summed E-state index contributed by atoms with van der Waals surface area (Å²) in [6.07, 6.45) is 0.244. The number of anilines is 3. The number of benzene rings is 2. The van der Waals surface area contributed by atoms with Gasteiger partial charge in [-0.2, -0.15) is 0 Å². The van der Waals surface area contributed by atoms with Crippen molar-refractivity contribution in [3.63, 3.8) is 0 Å². The highest BCUT2D eigenvalue weighted by atomic mass is 16.2. The first-order valence-corrected chi connectivity index (χ1v) is 12.3. The number of aryl methyl sites for hydroxylation is 1. The Bertz CT molecular complexity index is 1200. The van der Waals surface area contributed by atoms with E-state index in [1.807, 2.05) is 42.5 Å². The first kappa shape index (κ1) is 24.7. The van der Waals surface area contributed by atoms with E-state index in [1.165, 1.54) is 5.56 Å². The molecule has 0 unspecified atom stereocenters. The van der Waals surface area contributed by atoms with Gasteiger partial charge in [0.05, 0.1) is 5.52 Å². The maximum atomic E-state index is 12.5. The predicted molar refractivity (Wildman–Crippen MR) is 143 cm³/mol. The number of piperazine rings is 1. The van der Waals surface area contributed by atoms with Gasteiger partial charge < -0.3 is 20.4 Å². The third kappa shape index (κ3) is 6.36. The fourth-order valence-corrected chi connectivity index (χ4v) is 4.28. The molecule has 7 nitrogen and oxygen atoms in total. The first-order valence-electron chi connectivity index (χ1n) is 12.3. The Kier molecular flexibility index (Phi) is 7.66. The Labute approximate surface area is 207 Å². The maximum Gasteiger partial charge on any atom is 0.224 e. The number of nitrogens with zero attached hydrogens (tertiary/aromatic N) is 3. The number of nitrogens with one attached hydrogen (secondary N) is 2. The zero-order valence-electron chi connectivity index (χ0n) is 21.1. The van der Waals surface area contributed by atoms with Crippen LogP contribution < -0.4 is 15.5 Å². The topological polar surface area (TPSA) is 77.6 Å². The molecule has 1 fully saturated rings. The van der Waals surface area contributed by atoms with Crippen molar-refractivity contribution in [2.45, 2.75) is 39.5 Å². The minimum atomic E-state index is -0.186. The lowest BCUT2D eigenvalue weighted by molar-refractivity contribution is -0.121. The fourth-order valence-electron chi connectivity index (χ4n) is 4.28. The van der Waals surface area contributed by atoms with Gasteiger partial charge in [-0.3, -0.25) is 9.59 Å². The van der Waals surface area contributed by atoms with Crippen LogP contribution in [0.3, 0.4) is 0 Å². The molecule has 1 aromatic heterocycles. The Morgan fingerprint density at radius 2 is 1.49 bits per heavy atom. The lowest BCUT2D eigenvalue weighted by Crippen LogP contribution is -2.44. The van der Waals surface area contributed by atoms with Crippen molar-refractivity contribution in [1.82, 2.24) is 9.88 Å². The van der Waals surface area contributed by atoms with Crippen LogP contribution in [0.5, 0.6) is 0 Å². The number of aromatic nitrogens is 1. The summed E-state index contributed by atoms with van der Waals surface area (Å²) in [7, 11) is 2.14. The van der Waals surface area contributed by atoms with Crippen LogP contribution in [0.4, 0.5) is 17.2 Å². The molecule has 3 aromatic rings. The van der Waals surface area contributed by atoms with Crippen LogP contribution in [0, 0.1) is 6.92 Å². The molecule has 0 radical (unpaired) electrons. The SMILES string of the molecule is Cc1cc(N2CCN(C)CC2)nc2ccc(NC(=O)CCC(=O)Nc3ccc(C(C)C)cc3)cc12. The molecule has 1 aliphatic heterocycles. The standard InChI is InChI=1S/C28H35N5O2/c1-19(2)21-5-7-22(8-6-21)29-27(34)11-12-28(35)30-23-9-10-25-24(18-23)20(3)17-26(31-25)33-15-13-32(4)14-16-33/h5-10,17-19H,11-16H2,1-4H3,(H,29,34)(H,30,35). The van der Waals surface area contributed by atoms with Crippen molar-refractivity contribution < 1.29 is 9.59 Å². The molecule has 4 rings (SSSR count). The second-order valence-corrected chi connectivity index (χ2v) is 9.69. The second kappa shape index (κ2) is 10.9. The van der Waals surface area contributed by atoms with Crippen molar-refractivity contribution in [2.75, 3.05) is 48.8 Å². The quantitative estimate of drug-likeness (QED) is 0.517. The van der Waals surface area contributed by atoms with Crippen molar-refractivity contribution >= 4 is 39.9 Å². The smallest absolute Gasteiger partial charge is 0.224 e. The van der Waals surface area contributed by atoms with Crippen molar-refractivity contribution in [1.29, 1.82) is 0 Å². The minimum absolute atomic E-state index is 0.119. The Hall–Kier alpha value is -3.45. The van der Waals surface area contributed by atoms with Gasteiger partial charge in [0, 0.05) is 55.8 Å². The highest BCUT2D eigenvalue weighted by Crippen LogP contribution is 2.26. The van der Waals surface area contributed by atoms with Gasteiger partial charge in [0.15, 0.2) is 0 Å². The number of carbonyl (C=O) groups is 2. The fraction of sp³-hybridized carbons (Fsp3) is 0.393. The van der Waals surface area contributed by atoms with Gasteiger partial charge in [-0.15, -0.1) is 0 Å². The van der Waals surface area contributed by atoms with Crippen LogP contribution in [-0.2, 0) is 9.59 Å². The highest BCUT2D eigenvalue weighted by Gasteiger charge is 2.17. The number of rotatable bonds is 7. The number of hydrogen-bond donors (Lipinski definition) is 2.